The third-order valence-corrected chi connectivity index (χ3v) is 5.82. The summed E-state index contributed by atoms with van der Waals surface area (Å²) in [5.74, 6) is 1.92. The summed E-state index contributed by atoms with van der Waals surface area (Å²) in [7, 11) is 0. The second-order valence-corrected chi connectivity index (χ2v) is 7.30. The second kappa shape index (κ2) is 6.69. The molecule has 0 spiro atoms. The summed E-state index contributed by atoms with van der Waals surface area (Å²) in [5.41, 5.74) is 0.199. The number of hydrogen-bond acceptors (Lipinski definition) is 7. The fourth-order valence-electron chi connectivity index (χ4n) is 4.53. The van der Waals surface area contributed by atoms with Crippen molar-refractivity contribution in [2.24, 2.45) is 11.3 Å². The van der Waals surface area contributed by atoms with E-state index in [1.165, 1.54) is 0 Å². The van der Waals surface area contributed by atoms with E-state index in [4.69, 9.17) is 14.0 Å². The Balaban J connectivity index is 0.00000180. The molecule has 1 saturated carbocycles. The van der Waals surface area contributed by atoms with Gasteiger partial charge in [0, 0.05) is 18.7 Å². The topological polar surface area (TPSA) is 97.9 Å². The van der Waals surface area contributed by atoms with Crippen molar-refractivity contribution in [3.8, 4) is 22.9 Å². The van der Waals surface area contributed by atoms with Gasteiger partial charge in [-0.3, -0.25) is 9.69 Å². The highest BCUT2D eigenvalue weighted by atomic mass is 35.5. The quantitative estimate of drug-likeness (QED) is 0.846. The van der Waals surface area contributed by atoms with Gasteiger partial charge in [0.1, 0.15) is 0 Å². The first-order valence-corrected chi connectivity index (χ1v) is 8.82. The van der Waals surface area contributed by atoms with E-state index in [1.54, 1.807) is 0 Å². The van der Waals surface area contributed by atoms with Crippen LogP contribution in [0.15, 0.2) is 22.7 Å². The summed E-state index contributed by atoms with van der Waals surface area (Å²) in [6.07, 6.45) is 2.74. The van der Waals surface area contributed by atoms with Crippen molar-refractivity contribution < 1.29 is 23.9 Å². The summed E-state index contributed by atoms with van der Waals surface area (Å²) in [6, 6.07) is 5.52. The molecular formula is C18H20ClN3O5. The maximum atomic E-state index is 11.8. The molecule has 1 aliphatic carbocycles. The van der Waals surface area contributed by atoms with E-state index < -0.39 is 11.4 Å². The number of nitrogens with zero attached hydrogens (tertiary/aromatic N) is 3. The normalized spacial score (nSPS) is 26.0. The van der Waals surface area contributed by atoms with Crippen LogP contribution < -0.4 is 9.47 Å². The predicted octanol–water partition coefficient (Wildman–Crippen LogP) is 2.57. The molecular weight excluding hydrogens is 374 g/mol. The van der Waals surface area contributed by atoms with E-state index in [0.717, 1.165) is 31.4 Å². The van der Waals surface area contributed by atoms with Crippen molar-refractivity contribution in [3.63, 3.8) is 0 Å². The average molecular weight is 394 g/mol. The smallest absolute Gasteiger partial charge is 0.311 e. The molecule has 1 N–H and O–H groups in total. The first-order valence-electron chi connectivity index (χ1n) is 8.82. The van der Waals surface area contributed by atoms with Gasteiger partial charge in [-0.15, -0.1) is 12.4 Å². The van der Waals surface area contributed by atoms with Gasteiger partial charge in [0.2, 0.25) is 18.5 Å². The molecule has 1 aromatic carbocycles. The molecule has 144 valence electrons. The molecule has 2 atom stereocenters. The first-order chi connectivity index (χ1) is 12.6. The van der Waals surface area contributed by atoms with Gasteiger partial charge in [-0.05, 0) is 37.0 Å². The van der Waals surface area contributed by atoms with Gasteiger partial charge in [0.05, 0.1) is 12.0 Å². The molecule has 2 aromatic rings. The fourth-order valence-corrected chi connectivity index (χ4v) is 4.53. The molecule has 9 heteroatoms. The molecule has 0 bridgehead atoms. The summed E-state index contributed by atoms with van der Waals surface area (Å²) >= 11 is 0. The van der Waals surface area contributed by atoms with Gasteiger partial charge in [0.15, 0.2) is 11.5 Å². The summed E-state index contributed by atoms with van der Waals surface area (Å²) < 4.78 is 16.1. The Morgan fingerprint density at radius 1 is 1.33 bits per heavy atom. The van der Waals surface area contributed by atoms with E-state index in [0.29, 0.717) is 36.3 Å². The summed E-state index contributed by atoms with van der Waals surface area (Å²) in [4.78, 5) is 18.4. The van der Waals surface area contributed by atoms with Gasteiger partial charge in [-0.1, -0.05) is 11.6 Å². The highest BCUT2D eigenvalue weighted by molar-refractivity contribution is 5.85. The molecule has 0 radical (unpaired) electrons. The van der Waals surface area contributed by atoms with Crippen molar-refractivity contribution in [1.29, 1.82) is 0 Å². The number of carbonyl (C=O) groups is 1. The van der Waals surface area contributed by atoms with Crippen LogP contribution in [0.5, 0.6) is 11.5 Å². The third-order valence-electron chi connectivity index (χ3n) is 5.82. The number of benzene rings is 1. The zero-order valence-electron chi connectivity index (χ0n) is 14.6. The molecule has 2 aliphatic heterocycles. The number of likely N-dealkylation sites (tertiary alicyclic amines) is 1. The Bertz CT molecular complexity index is 872. The van der Waals surface area contributed by atoms with Crippen LogP contribution >= 0.6 is 12.4 Å². The maximum Gasteiger partial charge on any atom is 0.311 e. The van der Waals surface area contributed by atoms with Crippen LogP contribution in [0.2, 0.25) is 0 Å². The van der Waals surface area contributed by atoms with Gasteiger partial charge >= 0.3 is 5.97 Å². The first kappa shape index (κ1) is 18.1. The lowest BCUT2D eigenvalue weighted by molar-refractivity contribution is -0.149. The van der Waals surface area contributed by atoms with Crippen molar-refractivity contribution in [3.05, 3.63) is 24.1 Å². The Kier molecular flexibility index (Phi) is 4.47. The number of aromatic nitrogens is 2. The zero-order valence-corrected chi connectivity index (χ0v) is 15.4. The minimum absolute atomic E-state index is 0. The molecule has 3 aliphatic rings. The number of ether oxygens (including phenoxy) is 2. The number of rotatable bonds is 4. The lowest BCUT2D eigenvalue weighted by atomic mass is 9.81. The monoisotopic (exact) mass is 393 g/mol. The van der Waals surface area contributed by atoms with E-state index >= 15 is 0 Å². The Labute approximate surface area is 161 Å². The number of carboxylic acids is 1. The third kappa shape index (κ3) is 2.93. The Morgan fingerprint density at radius 3 is 3.00 bits per heavy atom. The Morgan fingerprint density at radius 2 is 2.19 bits per heavy atom. The standard InChI is InChI=1S/C18H19N3O5.ClH/c22-17(23)18-5-1-2-12(18)7-21(9-18)8-15-19-16(20-26-15)11-3-4-13-14(6-11)25-10-24-13;/h3-4,6,12H,1-2,5,7-10H2,(H,22,23);1H/t12-,18+;/m0./s1. The lowest BCUT2D eigenvalue weighted by Gasteiger charge is -2.23. The maximum absolute atomic E-state index is 11.8. The highest BCUT2D eigenvalue weighted by Crippen LogP contribution is 2.49. The van der Waals surface area contributed by atoms with E-state index in [1.807, 2.05) is 18.2 Å². The van der Waals surface area contributed by atoms with E-state index in [9.17, 15) is 9.90 Å². The molecule has 1 saturated heterocycles. The van der Waals surface area contributed by atoms with Gasteiger partial charge < -0.3 is 19.1 Å². The van der Waals surface area contributed by atoms with Gasteiger partial charge in [-0.25, -0.2) is 0 Å². The van der Waals surface area contributed by atoms with Crippen LogP contribution in [0.25, 0.3) is 11.4 Å². The zero-order chi connectivity index (χ0) is 17.7. The molecule has 2 fully saturated rings. The number of carboxylic acid groups (broad SMARTS) is 1. The molecule has 3 heterocycles. The number of aliphatic carboxylic acids is 1. The predicted molar refractivity (Wildman–Crippen MR) is 95.8 cm³/mol. The van der Waals surface area contributed by atoms with Gasteiger partial charge in [0.25, 0.3) is 0 Å². The largest absolute Gasteiger partial charge is 0.481 e. The molecule has 5 rings (SSSR count). The molecule has 1 aromatic heterocycles. The minimum atomic E-state index is -0.672. The van der Waals surface area contributed by atoms with Crippen LogP contribution in [0.4, 0.5) is 0 Å². The van der Waals surface area contributed by atoms with Gasteiger partial charge in [-0.2, -0.15) is 4.98 Å². The van der Waals surface area contributed by atoms with Crippen molar-refractivity contribution in [1.82, 2.24) is 15.0 Å². The van der Waals surface area contributed by atoms with Crippen molar-refractivity contribution >= 4 is 18.4 Å². The summed E-state index contributed by atoms with van der Waals surface area (Å²) in [6.45, 7) is 2.02. The molecule has 8 nitrogen and oxygen atoms in total. The molecule has 0 unspecified atom stereocenters. The van der Waals surface area contributed by atoms with E-state index in [-0.39, 0.29) is 25.1 Å². The van der Waals surface area contributed by atoms with E-state index in [2.05, 4.69) is 15.0 Å². The van der Waals surface area contributed by atoms with Crippen molar-refractivity contribution in [2.45, 2.75) is 25.8 Å². The van der Waals surface area contributed by atoms with Crippen LogP contribution in [0, 0.1) is 11.3 Å². The number of halogens is 1. The van der Waals surface area contributed by atoms with Crippen molar-refractivity contribution in [2.75, 3.05) is 19.9 Å². The minimum Gasteiger partial charge on any atom is -0.481 e. The van der Waals surface area contributed by atoms with Crippen LogP contribution in [0.1, 0.15) is 25.2 Å². The second-order valence-electron chi connectivity index (χ2n) is 7.30. The van der Waals surface area contributed by atoms with Crippen LogP contribution in [-0.4, -0.2) is 46.0 Å². The van der Waals surface area contributed by atoms with Crippen LogP contribution in [0.3, 0.4) is 0 Å². The average Bonchev–Trinajstić information content (AvgIpc) is 3.37. The molecule has 27 heavy (non-hydrogen) atoms. The SMILES string of the molecule is Cl.O=C(O)[C@@]12CCC[C@H]1CN(Cc1nc(-c3ccc4c(c3)OCO4)no1)C2. The lowest BCUT2D eigenvalue weighted by Crippen LogP contribution is -2.35. The molecule has 0 amide bonds. The Hall–Kier alpha value is -2.32. The highest BCUT2D eigenvalue weighted by Gasteiger charge is 2.54. The number of fused-ring (bicyclic) bond motifs is 2. The van der Waals surface area contributed by atoms with Crippen LogP contribution in [-0.2, 0) is 11.3 Å². The fraction of sp³-hybridized carbons (Fsp3) is 0.500. The summed E-state index contributed by atoms with van der Waals surface area (Å²) in [5, 5.41) is 13.7. The number of hydrogen-bond donors (Lipinski definition) is 1.